The maximum atomic E-state index is 13.8. The van der Waals surface area contributed by atoms with Crippen LogP contribution < -0.4 is 5.32 Å². The number of halogens is 2. The molecule has 0 unspecified atom stereocenters. The fourth-order valence-electron chi connectivity index (χ4n) is 7.56. The second-order valence-corrected chi connectivity index (χ2v) is 12.3. The van der Waals surface area contributed by atoms with E-state index >= 15 is 0 Å². The molecule has 2 aromatic heterocycles. The number of carbonyl (C=O) groups excluding carboxylic acids is 1. The minimum Gasteiger partial charge on any atom is -0.304 e. The van der Waals surface area contributed by atoms with Crippen LogP contribution in [0.5, 0.6) is 0 Å². The van der Waals surface area contributed by atoms with Crippen molar-refractivity contribution >= 4 is 34.9 Å². The molecule has 6 nitrogen and oxygen atoms in total. The summed E-state index contributed by atoms with van der Waals surface area (Å²) in [6, 6.07) is 17.6. The Morgan fingerprint density at radius 3 is 2.21 bits per heavy atom. The van der Waals surface area contributed by atoms with E-state index in [1.165, 1.54) is 19.3 Å². The highest BCUT2D eigenvalue weighted by Gasteiger charge is 2.54. The van der Waals surface area contributed by atoms with Gasteiger partial charge in [0.25, 0.3) is 5.91 Å². The highest BCUT2D eigenvalue weighted by Crippen LogP contribution is 2.61. The van der Waals surface area contributed by atoms with E-state index in [0.29, 0.717) is 28.0 Å². The molecule has 4 aliphatic rings. The number of rotatable bonds is 6. The number of benzene rings is 2. The largest absolute Gasteiger partial charge is 0.304 e. The summed E-state index contributed by atoms with van der Waals surface area (Å²) >= 11 is 12.5. The zero-order valence-corrected chi connectivity index (χ0v) is 22.5. The van der Waals surface area contributed by atoms with Gasteiger partial charge in [-0.15, -0.1) is 0 Å². The number of para-hydroxylation sites is 1. The Morgan fingerprint density at radius 1 is 0.895 bits per heavy atom. The monoisotopic (exact) mass is 545 g/mol. The highest BCUT2D eigenvalue weighted by molar-refractivity contribution is 6.33. The van der Waals surface area contributed by atoms with E-state index in [4.69, 9.17) is 28.3 Å². The molecule has 4 fully saturated rings. The number of nitrogens with one attached hydrogen (secondary N) is 1. The molecule has 4 bridgehead atoms. The third kappa shape index (κ3) is 4.34. The van der Waals surface area contributed by atoms with Crippen molar-refractivity contribution in [2.45, 2.75) is 50.5 Å². The summed E-state index contributed by atoms with van der Waals surface area (Å²) in [5.74, 6) is 2.39. The van der Waals surface area contributed by atoms with Crippen LogP contribution in [0.2, 0.25) is 10.0 Å². The molecule has 8 heteroatoms. The standard InChI is InChI=1S/C30H29Cl2N5O/c31-23-8-6-19(7-9-23)16-36-18-26(32)28(35-36)33-29(38)25-17-37(24-4-2-1-3-5-24)34-27(25)30-13-20-10-21(14-30)12-22(11-20)15-30/h1-9,17-18,20-22H,10-16H2,(H,33,35,38). The molecule has 1 amide bonds. The van der Waals surface area contributed by atoms with Crippen LogP contribution in [0.4, 0.5) is 5.82 Å². The minimum absolute atomic E-state index is 0.0286. The quantitative estimate of drug-likeness (QED) is 0.280. The minimum atomic E-state index is -0.212. The molecule has 4 aromatic rings. The molecule has 4 aliphatic carbocycles. The Labute approximate surface area is 231 Å². The smallest absolute Gasteiger partial charge is 0.260 e. The van der Waals surface area contributed by atoms with Gasteiger partial charge in [0.15, 0.2) is 5.82 Å². The summed E-state index contributed by atoms with van der Waals surface area (Å²) in [4.78, 5) is 13.8. The summed E-state index contributed by atoms with van der Waals surface area (Å²) in [5, 5.41) is 13.8. The van der Waals surface area contributed by atoms with Crippen molar-refractivity contribution in [2.24, 2.45) is 17.8 Å². The maximum absolute atomic E-state index is 13.8. The first-order valence-corrected chi connectivity index (χ1v) is 14.1. The summed E-state index contributed by atoms with van der Waals surface area (Å²) in [6.45, 7) is 0.525. The van der Waals surface area contributed by atoms with Crippen molar-refractivity contribution in [3.05, 3.63) is 93.9 Å². The van der Waals surface area contributed by atoms with Gasteiger partial charge in [0, 0.05) is 22.8 Å². The second kappa shape index (κ2) is 9.28. The Balaban J connectivity index is 1.21. The van der Waals surface area contributed by atoms with E-state index < -0.39 is 0 Å². The molecule has 1 N–H and O–H groups in total. The molecular formula is C30H29Cl2N5O. The molecule has 0 spiro atoms. The van der Waals surface area contributed by atoms with Crippen molar-refractivity contribution in [3.63, 3.8) is 0 Å². The lowest BCUT2D eigenvalue weighted by atomic mass is 9.48. The van der Waals surface area contributed by atoms with Crippen LogP contribution in [0.25, 0.3) is 5.69 Å². The normalized spacial score (nSPS) is 25.6. The van der Waals surface area contributed by atoms with Gasteiger partial charge < -0.3 is 5.32 Å². The number of aromatic nitrogens is 4. The summed E-state index contributed by atoms with van der Waals surface area (Å²) in [6.07, 6.45) is 11.0. The molecule has 2 aromatic carbocycles. The third-order valence-corrected chi connectivity index (χ3v) is 9.26. The fourth-order valence-corrected chi connectivity index (χ4v) is 7.88. The fraction of sp³-hybridized carbons (Fsp3) is 0.367. The van der Waals surface area contributed by atoms with Crippen LogP contribution >= 0.6 is 23.2 Å². The lowest BCUT2D eigenvalue weighted by Gasteiger charge is -2.56. The van der Waals surface area contributed by atoms with Crippen LogP contribution in [0.1, 0.15) is 60.1 Å². The summed E-state index contributed by atoms with van der Waals surface area (Å²) in [5.41, 5.74) is 3.52. The van der Waals surface area contributed by atoms with Crippen molar-refractivity contribution in [1.29, 1.82) is 0 Å². The number of hydrogen-bond acceptors (Lipinski definition) is 3. The number of hydrogen-bond donors (Lipinski definition) is 1. The van der Waals surface area contributed by atoms with Gasteiger partial charge in [0.05, 0.1) is 23.5 Å². The lowest BCUT2D eigenvalue weighted by molar-refractivity contribution is -0.00765. The zero-order chi connectivity index (χ0) is 25.9. The van der Waals surface area contributed by atoms with Crippen LogP contribution in [-0.4, -0.2) is 25.5 Å². The molecule has 38 heavy (non-hydrogen) atoms. The van der Waals surface area contributed by atoms with Gasteiger partial charge in [0.1, 0.15) is 5.02 Å². The molecule has 2 heterocycles. The second-order valence-electron chi connectivity index (χ2n) is 11.5. The van der Waals surface area contributed by atoms with Crippen LogP contribution in [0.15, 0.2) is 67.0 Å². The van der Waals surface area contributed by atoms with Crippen molar-refractivity contribution in [2.75, 3.05) is 5.32 Å². The molecular weight excluding hydrogens is 517 g/mol. The predicted molar refractivity (Wildman–Crippen MR) is 149 cm³/mol. The molecule has 8 rings (SSSR count). The average molecular weight is 547 g/mol. The maximum Gasteiger partial charge on any atom is 0.260 e. The number of anilines is 1. The van der Waals surface area contributed by atoms with Crippen LogP contribution in [-0.2, 0) is 12.0 Å². The van der Waals surface area contributed by atoms with Crippen LogP contribution in [0.3, 0.4) is 0 Å². The van der Waals surface area contributed by atoms with Gasteiger partial charge in [0.2, 0.25) is 0 Å². The molecule has 194 valence electrons. The Hall–Kier alpha value is -3.09. The third-order valence-electron chi connectivity index (χ3n) is 8.73. The molecule has 0 radical (unpaired) electrons. The number of nitrogens with zero attached hydrogens (tertiary/aromatic N) is 4. The number of carbonyl (C=O) groups is 1. The zero-order valence-electron chi connectivity index (χ0n) is 21.0. The summed E-state index contributed by atoms with van der Waals surface area (Å²) in [7, 11) is 0. The van der Waals surface area contributed by atoms with E-state index in [1.54, 1.807) is 10.9 Å². The predicted octanol–water partition coefficient (Wildman–Crippen LogP) is 7.14. The molecule has 0 atom stereocenters. The van der Waals surface area contributed by atoms with E-state index in [9.17, 15) is 4.79 Å². The van der Waals surface area contributed by atoms with Gasteiger partial charge in [-0.1, -0.05) is 53.5 Å². The van der Waals surface area contributed by atoms with Gasteiger partial charge in [-0.05, 0) is 86.1 Å². The first-order chi connectivity index (χ1) is 18.4. The first kappa shape index (κ1) is 24.0. The van der Waals surface area contributed by atoms with Crippen LogP contribution in [0, 0.1) is 17.8 Å². The average Bonchev–Trinajstić information content (AvgIpc) is 3.50. The summed E-state index contributed by atoms with van der Waals surface area (Å²) < 4.78 is 3.60. The number of amides is 1. The Kier molecular flexibility index (Phi) is 5.86. The molecule has 4 saturated carbocycles. The first-order valence-electron chi connectivity index (χ1n) is 13.4. The Bertz CT molecular complexity index is 1460. The lowest BCUT2D eigenvalue weighted by Crippen LogP contribution is -2.49. The molecule has 0 aliphatic heterocycles. The molecule has 0 saturated heterocycles. The van der Waals surface area contributed by atoms with Gasteiger partial charge in [-0.2, -0.15) is 10.2 Å². The van der Waals surface area contributed by atoms with E-state index in [2.05, 4.69) is 10.4 Å². The van der Waals surface area contributed by atoms with Crippen molar-refractivity contribution in [1.82, 2.24) is 19.6 Å². The van der Waals surface area contributed by atoms with Crippen molar-refractivity contribution < 1.29 is 4.79 Å². The topological polar surface area (TPSA) is 64.7 Å². The van der Waals surface area contributed by atoms with E-state index in [-0.39, 0.29) is 11.3 Å². The van der Waals surface area contributed by atoms with E-state index in [0.717, 1.165) is 54.0 Å². The SMILES string of the molecule is O=C(Nc1nn(Cc2ccc(Cl)cc2)cc1Cl)c1cn(-c2ccccc2)nc1C12CC3CC(CC(C3)C1)C2. The van der Waals surface area contributed by atoms with E-state index in [1.807, 2.05) is 65.5 Å². The highest BCUT2D eigenvalue weighted by atomic mass is 35.5. The Morgan fingerprint density at radius 2 is 1.55 bits per heavy atom. The van der Waals surface area contributed by atoms with Gasteiger partial charge >= 0.3 is 0 Å². The van der Waals surface area contributed by atoms with Crippen molar-refractivity contribution in [3.8, 4) is 5.69 Å². The van der Waals surface area contributed by atoms with Gasteiger partial charge in [-0.3, -0.25) is 9.48 Å². The van der Waals surface area contributed by atoms with Gasteiger partial charge in [-0.25, -0.2) is 4.68 Å².